The van der Waals surface area contributed by atoms with Crippen LogP contribution < -0.4 is 5.32 Å². The van der Waals surface area contributed by atoms with Gasteiger partial charge in [0.05, 0.1) is 5.56 Å². The summed E-state index contributed by atoms with van der Waals surface area (Å²) in [5.41, 5.74) is 2.89. The summed E-state index contributed by atoms with van der Waals surface area (Å²) in [5.74, 6) is -0.583. The van der Waals surface area contributed by atoms with E-state index < -0.39 is 5.97 Å². The van der Waals surface area contributed by atoms with Gasteiger partial charge >= 0.3 is 5.97 Å². The standard InChI is InChI=1S/C22H19NO3S/c24-20(15-9-5-2-6-10-15)23-21-19(22(25)26)18(13-27-21)17-11-16(12-17)14-7-3-1-4-8-14/h1-10,13,16-17H,11-12H2,(H,23,24)(H,25,26). The average molecular weight is 377 g/mol. The molecule has 1 fully saturated rings. The zero-order valence-corrected chi connectivity index (χ0v) is 15.4. The molecule has 0 radical (unpaired) electrons. The van der Waals surface area contributed by atoms with E-state index in [1.807, 2.05) is 29.6 Å². The van der Waals surface area contributed by atoms with Crippen LogP contribution in [0.4, 0.5) is 5.00 Å². The average Bonchev–Trinajstić information content (AvgIpc) is 3.05. The van der Waals surface area contributed by atoms with Crippen LogP contribution in [0, 0.1) is 0 Å². The van der Waals surface area contributed by atoms with Crippen molar-refractivity contribution in [3.05, 3.63) is 88.3 Å². The second kappa shape index (κ2) is 7.37. The molecule has 27 heavy (non-hydrogen) atoms. The Morgan fingerprint density at radius 1 is 0.926 bits per heavy atom. The van der Waals surface area contributed by atoms with E-state index in [0.29, 0.717) is 16.5 Å². The zero-order chi connectivity index (χ0) is 18.8. The molecule has 1 saturated carbocycles. The first-order chi connectivity index (χ1) is 13.1. The minimum Gasteiger partial charge on any atom is -0.478 e. The molecule has 0 unspecified atom stereocenters. The Labute approximate surface area is 161 Å². The Morgan fingerprint density at radius 3 is 2.19 bits per heavy atom. The van der Waals surface area contributed by atoms with Gasteiger partial charge in [0.15, 0.2) is 0 Å². The number of hydrogen-bond acceptors (Lipinski definition) is 3. The molecule has 0 saturated heterocycles. The Bertz CT molecular complexity index is 960. The van der Waals surface area contributed by atoms with Gasteiger partial charge in [-0.3, -0.25) is 4.79 Å². The predicted octanol–water partition coefficient (Wildman–Crippen LogP) is 5.36. The first kappa shape index (κ1) is 17.5. The number of hydrogen-bond donors (Lipinski definition) is 2. The molecule has 3 aromatic rings. The quantitative estimate of drug-likeness (QED) is 0.629. The Hall–Kier alpha value is -2.92. The molecular formula is C22H19NO3S. The summed E-state index contributed by atoms with van der Waals surface area (Å²) in [6, 6.07) is 19.1. The summed E-state index contributed by atoms with van der Waals surface area (Å²) >= 11 is 1.29. The number of thiophene rings is 1. The molecule has 0 aliphatic heterocycles. The number of carbonyl (C=O) groups is 2. The van der Waals surface area contributed by atoms with Gasteiger partial charge in [0.1, 0.15) is 5.00 Å². The van der Waals surface area contributed by atoms with Crippen LogP contribution >= 0.6 is 11.3 Å². The van der Waals surface area contributed by atoms with Crippen molar-refractivity contribution in [2.24, 2.45) is 0 Å². The van der Waals surface area contributed by atoms with Crippen LogP contribution in [0.2, 0.25) is 0 Å². The van der Waals surface area contributed by atoms with Crippen molar-refractivity contribution in [2.75, 3.05) is 5.32 Å². The van der Waals surface area contributed by atoms with E-state index in [9.17, 15) is 14.7 Å². The first-order valence-corrected chi connectivity index (χ1v) is 9.77. The van der Waals surface area contributed by atoms with Crippen LogP contribution in [-0.4, -0.2) is 17.0 Å². The summed E-state index contributed by atoms with van der Waals surface area (Å²) in [5, 5.41) is 14.8. The molecule has 5 heteroatoms. The third kappa shape index (κ3) is 3.51. The van der Waals surface area contributed by atoms with E-state index in [-0.39, 0.29) is 17.4 Å². The second-order valence-corrected chi connectivity index (χ2v) is 7.68. The van der Waals surface area contributed by atoms with Gasteiger partial charge in [-0.05, 0) is 53.3 Å². The van der Waals surface area contributed by atoms with Crippen LogP contribution in [0.15, 0.2) is 66.0 Å². The molecule has 1 heterocycles. The van der Waals surface area contributed by atoms with Crippen molar-refractivity contribution in [1.29, 1.82) is 0 Å². The minimum atomic E-state index is -0.988. The lowest BCUT2D eigenvalue weighted by Crippen LogP contribution is -2.22. The molecule has 1 aliphatic carbocycles. The molecule has 4 nitrogen and oxygen atoms in total. The summed E-state index contributed by atoms with van der Waals surface area (Å²) in [6.07, 6.45) is 1.88. The lowest BCUT2D eigenvalue weighted by atomic mass is 9.68. The molecule has 2 aromatic carbocycles. The number of carbonyl (C=O) groups excluding carboxylic acids is 1. The maximum Gasteiger partial charge on any atom is 0.339 e. The lowest BCUT2D eigenvalue weighted by molar-refractivity contribution is 0.0696. The maximum absolute atomic E-state index is 12.4. The highest BCUT2D eigenvalue weighted by Gasteiger charge is 2.35. The minimum absolute atomic E-state index is 0.222. The largest absolute Gasteiger partial charge is 0.478 e. The number of rotatable bonds is 5. The fourth-order valence-electron chi connectivity index (χ4n) is 3.62. The Kier molecular flexibility index (Phi) is 4.77. The van der Waals surface area contributed by atoms with Crippen molar-refractivity contribution in [2.45, 2.75) is 24.7 Å². The van der Waals surface area contributed by atoms with Gasteiger partial charge in [0.2, 0.25) is 0 Å². The highest BCUT2D eigenvalue weighted by atomic mass is 32.1. The van der Waals surface area contributed by atoms with Crippen molar-refractivity contribution < 1.29 is 14.7 Å². The van der Waals surface area contributed by atoms with Gasteiger partial charge in [-0.25, -0.2) is 4.79 Å². The number of aromatic carboxylic acids is 1. The fraction of sp³-hybridized carbons (Fsp3) is 0.182. The van der Waals surface area contributed by atoms with Crippen LogP contribution in [0.25, 0.3) is 0 Å². The lowest BCUT2D eigenvalue weighted by Gasteiger charge is -2.36. The van der Waals surface area contributed by atoms with E-state index in [2.05, 4.69) is 17.4 Å². The molecule has 1 aliphatic rings. The third-order valence-corrected chi connectivity index (χ3v) is 6.06. The molecule has 2 N–H and O–H groups in total. The smallest absolute Gasteiger partial charge is 0.339 e. The van der Waals surface area contributed by atoms with Crippen molar-refractivity contribution in [3.63, 3.8) is 0 Å². The van der Waals surface area contributed by atoms with Gasteiger partial charge in [0, 0.05) is 5.56 Å². The Balaban J connectivity index is 1.52. The molecule has 1 amide bonds. The van der Waals surface area contributed by atoms with Gasteiger partial charge in [0.25, 0.3) is 5.91 Å². The van der Waals surface area contributed by atoms with Crippen LogP contribution in [0.5, 0.6) is 0 Å². The van der Waals surface area contributed by atoms with Gasteiger partial charge in [-0.2, -0.15) is 0 Å². The SMILES string of the molecule is O=C(Nc1scc(C2CC(c3ccccc3)C2)c1C(=O)O)c1ccccc1. The summed E-state index contributed by atoms with van der Waals surface area (Å²) in [6.45, 7) is 0. The number of anilines is 1. The number of benzene rings is 2. The van der Waals surface area contributed by atoms with E-state index in [0.717, 1.165) is 18.4 Å². The van der Waals surface area contributed by atoms with Gasteiger partial charge in [-0.1, -0.05) is 48.5 Å². The van der Waals surface area contributed by atoms with E-state index in [1.54, 1.807) is 24.3 Å². The molecule has 0 bridgehead atoms. The summed E-state index contributed by atoms with van der Waals surface area (Å²) in [7, 11) is 0. The van der Waals surface area contributed by atoms with Crippen molar-refractivity contribution in [1.82, 2.24) is 0 Å². The molecular weight excluding hydrogens is 358 g/mol. The number of nitrogens with one attached hydrogen (secondary N) is 1. The molecule has 0 atom stereocenters. The van der Waals surface area contributed by atoms with Crippen LogP contribution in [0.1, 0.15) is 56.5 Å². The van der Waals surface area contributed by atoms with Crippen LogP contribution in [-0.2, 0) is 0 Å². The summed E-state index contributed by atoms with van der Waals surface area (Å²) < 4.78 is 0. The molecule has 136 valence electrons. The topological polar surface area (TPSA) is 66.4 Å². The predicted molar refractivity (Wildman–Crippen MR) is 107 cm³/mol. The monoisotopic (exact) mass is 377 g/mol. The number of amides is 1. The van der Waals surface area contributed by atoms with E-state index >= 15 is 0 Å². The van der Waals surface area contributed by atoms with E-state index in [4.69, 9.17) is 0 Å². The maximum atomic E-state index is 12.4. The highest BCUT2D eigenvalue weighted by Crippen LogP contribution is 2.50. The number of carboxylic acid groups (broad SMARTS) is 1. The van der Waals surface area contributed by atoms with E-state index in [1.165, 1.54) is 16.9 Å². The molecule has 0 spiro atoms. The third-order valence-electron chi connectivity index (χ3n) is 5.15. The highest BCUT2D eigenvalue weighted by molar-refractivity contribution is 7.15. The zero-order valence-electron chi connectivity index (χ0n) is 14.6. The van der Waals surface area contributed by atoms with Crippen LogP contribution in [0.3, 0.4) is 0 Å². The van der Waals surface area contributed by atoms with Gasteiger partial charge in [-0.15, -0.1) is 11.3 Å². The number of carboxylic acids is 1. The normalized spacial score (nSPS) is 18.5. The molecule has 1 aromatic heterocycles. The van der Waals surface area contributed by atoms with Crippen molar-refractivity contribution in [3.8, 4) is 0 Å². The Morgan fingerprint density at radius 2 is 1.56 bits per heavy atom. The molecule has 4 rings (SSSR count). The van der Waals surface area contributed by atoms with Crippen molar-refractivity contribution >= 4 is 28.2 Å². The second-order valence-electron chi connectivity index (χ2n) is 6.80. The fourth-order valence-corrected chi connectivity index (χ4v) is 4.65. The first-order valence-electron chi connectivity index (χ1n) is 8.89. The van der Waals surface area contributed by atoms with Gasteiger partial charge < -0.3 is 10.4 Å². The summed E-state index contributed by atoms with van der Waals surface area (Å²) in [4.78, 5) is 24.3.